The molecule has 1 fully saturated rings. The van der Waals surface area contributed by atoms with E-state index in [2.05, 4.69) is 15.3 Å². The number of carbonyl (C=O) groups is 1. The van der Waals surface area contributed by atoms with E-state index in [-0.39, 0.29) is 18.5 Å². The zero-order valence-corrected chi connectivity index (χ0v) is 10.2. The van der Waals surface area contributed by atoms with Crippen LogP contribution in [0.2, 0.25) is 0 Å². The van der Waals surface area contributed by atoms with Crippen LogP contribution < -0.4 is 10.6 Å². The molecule has 1 aliphatic rings. The van der Waals surface area contributed by atoms with Crippen LogP contribution in [0.4, 0.5) is 19.0 Å². The van der Waals surface area contributed by atoms with Crippen molar-refractivity contribution in [2.24, 2.45) is 0 Å². The maximum absolute atomic E-state index is 12.7. The molecule has 1 heterocycles. The number of nitrogens with zero attached hydrogens (tertiary/aromatic N) is 2. The molecule has 1 saturated carbocycles. The topological polar surface area (TPSA) is 66.9 Å². The molecule has 2 rings (SSSR count). The van der Waals surface area contributed by atoms with Crippen molar-refractivity contribution in [1.82, 2.24) is 15.3 Å². The van der Waals surface area contributed by atoms with Gasteiger partial charge in [0, 0.05) is 6.54 Å². The largest absolute Gasteiger partial charge is 0.411 e. The third-order valence-electron chi connectivity index (χ3n) is 2.89. The first-order valence-electron chi connectivity index (χ1n) is 5.83. The van der Waals surface area contributed by atoms with Gasteiger partial charge in [0.2, 0.25) is 0 Å². The Hall–Kier alpha value is -1.86. The van der Waals surface area contributed by atoms with Gasteiger partial charge in [0.15, 0.2) is 0 Å². The molecule has 0 saturated heterocycles. The maximum atomic E-state index is 12.7. The predicted molar refractivity (Wildman–Crippen MR) is 61.7 cm³/mol. The van der Waals surface area contributed by atoms with E-state index in [1.807, 2.05) is 12.2 Å². The Kier molecular flexibility index (Phi) is 3.34. The van der Waals surface area contributed by atoms with Crippen LogP contribution in [-0.2, 0) is 0 Å². The summed E-state index contributed by atoms with van der Waals surface area (Å²) in [6.07, 6.45) is -2.15. The SMILES string of the molecule is CCNc1cnc(C(=O)NC2(C(F)(F)F)CC2)cn1. The van der Waals surface area contributed by atoms with Gasteiger partial charge in [0.25, 0.3) is 5.91 Å². The average Bonchev–Trinajstić information content (AvgIpc) is 3.10. The minimum absolute atomic E-state index is 0.0921. The summed E-state index contributed by atoms with van der Waals surface area (Å²) in [6.45, 7) is 2.50. The number of carbonyl (C=O) groups excluding carboxylic acids is 1. The van der Waals surface area contributed by atoms with Crippen LogP contribution in [-0.4, -0.2) is 34.1 Å². The Balaban J connectivity index is 2.04. The first-order valence-corrected chi connectivity index (χ1v) is 5.83. The highest BCUT2D eigenvalue weighted by Gasteiger charge is 2.64. The van der Waals surface area contributed by atoms with E-state index in [1.165, 1.54) is 6.20 Å². The molecule has 0 spiro atoms. The number of hydrogen-bond acceptors (Lipinski definition) is 4. The number of rotatable bonds is 4. The number of anilines is 1. The average molecular weight is 274 g/mol. The Morgan fingerprint density at radius 3 is 2.47 bits per heavy atom. The third kappa shape index (κ3) is 2.77. The Morgan fingerprint density at radius 2 is 2.05 bits per heavy atom. The summed E-state index contributed by atoms with van der Waals surface area (Å²) in [5.74, 6) is -0.388. The molecule has 1 aliphatic carbocycles. The normalized spacial score (nSPS) is 16.8. The third-order valence-corrected chi connectivity index (χ3v) is 2.89. The highest BCUT2D eigenvalue weighted by Crippen LogP contribution is 2.48. The molecule has 1 amide bonds. The second-order valence-electron chi connectivity index (χ2n) is 4.35. The standard InChI is InChI=1S/C11H13F3N4O/c1-2-15-8-6-16-7(5-17-8)9(19)18-10(3-4-10)11(12,13)14/h5-6H,2-4H2,1H3,(H,15,17)(H,18,19). The second-order valence-corrected chi connectivity index (χ2v) is 4.35. The van der Waals surface area contributed by atoms with Crippen LogP contribution in [0, 0.1) is 0 Å². The molecule has 1 aromatic rings. The second kappa shape index (κ2) is 4.67. The number of alkyl halides is 3. The quantitative estimate of drug-likeness (QED) is 0.877. The molecule has 104 valence electrons. The fraction of sp³-hybridized carbons (Fsp3) is 0.545. The summed E-state index contributed by atoms with van der Waals surface area (Å²) in [7, 11) is 0. The molecule has 8 heteroatoms. The monoisotopic (exact) mass is 274 g/mol. The van der Waals surface area contributed by atoms with Crippen molar-refractivity contribution in [1.29, 1.82) is 0 Å². The molecular weight excluding hydrogens is 261 g/mol. The van der Waals surface area contributed by atoms with E-state index in [1.54, 1.807) is 0 Å². The molecule has 19 heavy (non-hydrogen) atoms. The van der Waals surface area contributed by atoms with Gasteiger partial charge in [-0.05, 0) is 19.8 Å². The lowest BCUT2D eigenvalue weighted by atomic mass is 10.2. The molecule has 0 unspecified atom stereocenters. The minimum atomic E-state index is -4.43. The van der Waals surface area contributed by atoms with Gasteiger partial charge in [-0.2, -0.15) is 13.2 Å². The van der Waals surface area contributed by atoms with Crippen molar-refractivity contribution in [3.8, 4) is 0 Å². The van der Waals surface area contributed by atoms with Crippen LogP contribution >= 0.6 is 0 Å². The summed E-state index contributed by atoms with van der Waals surface area (Å²) < 4.78 is 38.0. The van der Waals surface area contributed by atoms with E-state index >= 15 is 0 Å². The van der Waals surface area contributed by atoms with Gasteiger partial charge < -0.3 is 10.6 Å². The molecule has 2 N–H and O–H groups in total. The van der Waals surface area contributed by atoms with Gasteiger partial charge >= 0.3 is 6.18 Å². The van der Waals surface area contributed by atoms with E-state index in [0.29, 0.717) is 12.4 Å². The fourth-order valence-electron chi connectivity index (χ4n) is 1.60. The number of aromatic nitrogens is 2. The smallest absolute Gasteiger partial charge is 0.369 e. The summed E-state index contributed by atoms with van der Waals surface area (Å²) >= 11 is 0. The van der Waals surface area contributed by atoms with Gasteiger partial charge in [0.05, 0.1) is 12.4 Å². The Labute approximate surface area is 107 Å². The molecule has 5 nitrogen and oxygen atoms in total. The Bertz CT molecular complexity index is 468. The highest BCUT2D eigenvalue weighted by molar-refractivity contribution is 5.93. The number of amides is 1. The highest BCUT2D eigenvalue weighted by atomic mass is 19.4. The minimum Gasteiger partial charge on any atom is -0.369 e. The van der Waals surface area contributed by atoms with Crippen LogP contribution in [0.1, 0.15) is 30.3 Å². The lowest BCUT2D eigenvalue weighted by Gasteiger charge is -2.20. The van der Waals surface area contributed by atoms with Crippen LogP contribution in [0.5, 0.6) is 0 Å². The first kappa shape index (κ1) is 13.6. The molecule has 0 atom stereocenters. The molecule has 1 aromatic heterocycles. The first-order chi connectivity index (χ1) is 8.88. The zero-order chi connectivity index (χ0) is 14.1. The zero-order valence-electron chi connectivity index (χ0n) is 10.2. The van der Waals surface area contributed by atoms with E-state index in [4.69, 9.17) is 0 Å². The molecular formula is C11H13F3N4O. The van der Waals surface area contributed by atoms with Crippen molar-refractivity contribution in [3.05, 3.63) is 18.1 Å². The van der Waals surface area contributed by atoms with Crippen molar-refractivity contribution >= 4 is 11.7 Å². The van der Waals surface area contributed by atoms with Crippen LogP contribution in [0.15, 0.2) is 12.4 Å². The molecule has 0 bridgehead atoms. The molecule has 0 aliphatic heterocycles. The number of halogens is 3. The summed E-state index contributed by atoms with van der Waals surface area (Å²) in [4.78, 5) is 19.4. The number of hydrogen-bond donors (Lipinski definition) is 2. The van der Waals surface area contributed by atoms with Crippen molar-refractivity contribution in [2.45, 2.75) is 31.5 Å². The van der Waals surface area contributed by atoms with Crippen molar-refractivity contribution < 1.29 is 18.0 Å². The van der Waals surface area contributed by atoms with Crippen LogP contribution in [0.25, 0.3) is 0 Å². The summed E-state index contributed by atoms with van der Waals surface area (Å²) in [5, 5.41) is 4.86. The Morgan fingerprint density at radius 1 is 1.37 bits per heavy atom. The predicted octanol–water partition coefficient (Wildman–Crippen LogP) is 1.73. The molecule has 0 radical (unpaired) electrons. The van der Waals surface area contributed by atoms with Crippen LogP contribution in [0.3, 0.4) is 0 Å². The van der Waals surface area contributed by atoms with Crippen molar-refractivity contribution in [3.63, 3.8) is 0 Å². The van der Waals surface area contributed by atoms with E-state index in [0.717, 1.165) is 6.20 Å². The van der Waals surface area contributed by atoms with Gasteiger partial charge in [-0.25, -0.2) is 9.97 Å². The van der Waals surface area contributed by atoms with Gasteiger partial charge in [-0.3, -0.25) is 4.79 Å². The van der Waals surface area contributed by atoms with E-state index < -0.39 is 17.6 Å². The lowest BCUT2D eigenvalue weighted by molar-refractivity contribution is -0.163. The summed E-state index contributed by atoms with van der Waals surface area (Å²) in [6, 6.07) is 0. The van der Waals surface area contributed by atoms with Gasteiger partial charge in [0.1, 0.15) is 17.1 Å². The molecule has 0 aromatic carbocycles. The van der Waals surface area contributed by atoms with Gasteiger partial charge in [-0.1, -0.05) is 0 Å². The van der Waals surface area contributed by atoms with Crippen molar-refractivity contribution in [2.75, 3.05) is 11.9 Å². The lowest BCUT2D eigenvalue weighted by Crippen LogP contribution is -2.48. The number of nitrogens with one attached hydrogen (secondary N) is 2. The van der Waals surface area contributed by atoms with Gasteiger partial charge in [-0.15, -0.1) is 0 Å². The maximum Gasteiger partial charge on any atom is 0.411 e. The summed E-state index contributed by atoms with van der Waals surface area (Å²) in [5.41, 5.74) is -2.20. The van der Waals surface area contributed by atoms with E-state index in [9.17, 15) is 18.0 Å². The fourth-order valence-corrected chi connectivity index (χ4v) is 1.60.